The summed E-state index contributed by atoms with van der Waals surface area (Å²) in [7, 11) is -0.960. The van der Waals surface area contributed by atoms with E-state index in [2.05, 4.69) is 93.6 Å². The normalized spacial score (nSPS) is 10.9. The zero-order valence-electron chi connectivity index (χ0n) is 13.4. The van der Waals surface area contributed by atoms with Gasteiger partial charge in [0.25, 0.3) is 0 Å². The second-order valence-corrected chi connectivity index (χ2v) is 8.21. The Hall–Kier alpha value is -2.12. The van der Waals surface area contributed by atoms with Crippen LogP contribution in [-0.2, 0) is 0 Å². The number of hydrogen-bond donors (Lipinski definition) is 0. The molecule has 0 aliphatic rings. The minimum Gasteiger partial charge on any atom is -0.0624 e. The highest BCUT2D eigenvalue weighted by molar-refractivity contribution is 6.96. The van der Waals surface area contributed by atoms with E-state index in [0.717, 1.165) is 0 Å². The molecule has 3 aromatic carbocycles. The maximum absolute atomic E-state index is 2.28. The van der Waals surface area contributed by atoms with Gasteiger partial charge in [-0.2, -0.15) is 0 Å². The van der Waals surface area contributed by atoms with Crippen LogP contribution in [0.4, 0.5) is 0 Å². The van der Waals surface area contributed by atoms with E-state index in [1.54, 1.807) is 5.19 Å². The molecule has 0 amide bonds. The summed E-state index contributed by atoms with van der Waals surface area (Å²) < 4.78 is 0. The SMILES string of the molecule is Cc1ccc(C)c([Si](c2ccccc2)c2ccccc2)c1C. The van der Waals surface area contributed by atoms with Gasteiger partial charge >= 0.3 is 0 Å². The second kappa shape index (κ2) is 6.33. The average Bonchev–Trinajstić information content (AvgIpc) is 2.57. The zero-order valence-corrected chi connectivity index (χ0v) is 14.4. The van der Waals surface area contributed by atoms with Gasteiger partial charge in [-0.25, -0.2) is 0 Å². The quantitative estimate of drug-likeness (QED) is 0.515. The lowest BCUT2D eigenvalue weighted by atomic mass is 10.1. The topological polar surface area (TPSA) is 0 Å². The molecule has 0 nitrogen and oxygen atoms in total. The fraction of sp³-hybridized carbons (Fsp3) is 0.143. The van der Waals surface area contributed by atoms with Crippen LogP contribution in [0.2, 0.25) is 0 Å². The number of aryl methyl sites for hydroxylation is 2. The molecule has 0 N–H and O–H groups in total. The smallest absolute Gasteiger partial charge is 0.0624 e. The Morgan fingerprint density at radius 3 is 1.50 bits per heavy atom. The summed E-state index contributed by atoms with van der Waals surface area (Å²) in [5, 5.41) is 4.45. The maximum Gasteiger partial charge on any atom is 0.155 e. The van der Waals surface area contributed by atoms with Crippen molar-refractivity contribution in [2.24, 2.45) is 0 Å². The third-order valence-corrected chi connectivity index (χ3v) is 7.41. The van der Waals surface area contributed by atoms with Gasteiger partial charge in [0.15, 0.2) is 8.80 Å². The Morgan fingerprint density at radius 2 is 1.00 bits per heavy atom. The van der Waals surface area contributed by atoms with Crippen molar-refractivity contribution in [3.8, 4) is 0 Å². The molecule has 0 atom stereocenters. The summed E-state index contributed by atoms with van der Waals surface area (Å²) in [4.78, 5) is 0. The number of rotatable bonds is 3. The van der Waals surface area contributed by atoms with E-state index < -0.39 is 8.80 Å². The molecule has 0 bridgehead atoms. The van der Waals surface area contributed by atoms with Crippen LogP contribution in [-0.4, -0.2) is 8.80 Å². The first kappa shape index (κ1) is 14.8. The van der Waals surface area contributed by atoms with Crippen LogP contribution in [0.3, 0.4) is 0 Å². The summed E-state index contributed by atoms with van der Waals surface area (Å²) in [5.74, 6) is 0. The fourth-order valence-electron chi connectivity index (χ4n) is 3.00. The van der Waals surface area contributed by atoms with Gasteiger partial charge in [0.1, 0.15) is 0 Å². The molecule has 3 aromatic rings. The van der Waals surface area contributed by atoms with E-state index in [4.69, 9.17) is 0 Å². The van der Waals surface area contributed by atoms with E-state index in [0.29, 0.717) is 0 Å². The van der Waals surface area contributed by atoms with Crippen LogP contribution in [0.15, 0.2) is 72.8 Å². The molecule has 109 valence electrons. The second-order valence-electron chi connectivity index (χ2n) is 5.81. The lowest BCUT2D eigenvalue weighted by molar-refractivity contribution is 1.33. The molecule has 0 saturated carbocycles. The van der Waals surface area contributed by atoms with Crippen LogP contribution in [0.1, 0.15) is 16.7 Å². The van der Waals surface area contributed by atoms with Gasteiger partial charge in [-0.1, -0.05) is 88.7 Å². The van der Waals surface area contributed by atoms with Crippen LogP contribution < -0.4 is 15.6 Å². The molecule has 0 unspecified atom stereocenters. The molecule has 1 heteroatoms. The summed E-state index contributed by atoms with van der Waals surface area (Å²) in [6.07, 6.45) is 0. The maximum atomic E-state index is 2.28. The largest absolute Gasteiger partial charge is 0.155 e. The minimum atomic E-state index is -0.960. The Morgan fingerprint density at radius 1 is 0.545 bits per heavy atom. The number of hydrogen-bond acceptors (Lipinski definition) is 0. The third kappa shape index (κ3) is 2.77. The lowest BCUT2D eigenvalue weighted by Gasteiger charge is -2.22. The summed E-state index contributed by atoms with van der Waals surface area (Å²) in [5.41, 5.74) is 4.24. The molecule has 0 spiro atoms. The minimum absolute atomic E-state index is 0.960. The van der Waals surface area contributed by atoms with Crippen molar-refractivity contribution >= 4 is 24.4 Å². The summed E-state index contributed by atoms with van der Waals surface area (Å²) in [6, 6.07) is 26.5. The van der Waals surface area contributed by atoms with E-state index >= 15 is 0 Å². The molecule has 0 aliphatic carbocycles. The predicted octanol–water partition coefficient (Wildman–Crippen LogP) is 3.13. The average molecular weight is 301 g/mol. The molecule has 0 aliphatic heterocycles. The van der Waals surface area contributed by atoms with Crippen molar-refractivity contribution in [3.05, 3.63) is 89.5 Å². The van der Waals surface area contributed by atoms with Gasteiger partial charge in [-0.3, -0.25) is 0 Å². The predicted molar refractivity (Wildman–Crippen MR) is 98.2 cm³/mol. The monoisotopic (exact) mass is 301 g/mol. The third-order valence-electron chi connectivity index (χ3n) is 4.32. The van der Waals surface area contributed by atoms with Gasteiger partial charge < -0.3 is 0 Å². The van der Waals surface area contributed by atoms with Gasteiger partial charge in [-0.05, 0) is 37.1 Å². The van der Waals surface area contributed by atoms with Crippen LogP contribution in [0, 0.1) is 20.8 Å². The highest BCUT2D eigenvalue weighted by Gasteiger charge is 2.23. The van der Waals surface area contributed by atoms with Crippen molar-refractivity contribution in [1.82, 2.24) is 0 Å². The Bertz CT molecular complexity index is 721. The Balaban J connectivity index is 2.26. The van der Waals surface area contributed by atoms with Crippen molar-refractivity contribution in [2.45, 2.75) is 20.8 Å². The van der Waals surface area contributed by atoms with Gasteiger partial charge in [0.05, 0.1) is 0 Å². The van der Waals surface area contributed by atoms with Crippen molar-refractivity contribution in [2.75, 3.05) is 0 Å². The first-order valence-electron chi connectivity index (χ1n) is 7.73. The molecule has 3 rings (SSSR count). The standard InChI is InChI=1S/C21H21Si/c1-16-14-15-17(2)21(18(16)3)22(19-10-6-4-7-11-19)20-12-8-5-9-13-20/h4-15H,1-3H3. The van der Waals surface area contributed by atoms with E-state index in [9.17, 15) is 0 Å². The molecule has 1 radical (unpaired) electrons. The first-order chi connectivity index (χ1) is 10.7. The molecular formula is C21H21Si. The molecule has 0 aromatic heterocycles. The Labute approximate surface area is 135 Å². The zero-order chi connectivity index (χ0) is 15.5. The summed E-state index contributed by atoms with van der Waals surface area (Å²) >= 11 is 0. The van der Waals surface area contributed by atoms with Gasteiger partial charge in [-0.15, -0.1) is 0 Å². The van der Waals surface area contributed by atoms with Crippen molar-refractivity contribution in [1.29, 1.82) is 0 Å². The van der Waals surface area contributed by atoms with Crippen LogP contribution >= 0.6 is 0 Å². The highest BCUT2D eigenvalue weighted by atomic mass is 28.3. The molecular weight excluding hydrogens is 280 g/mol. The number of benzene rings is 3. The van der Waals surface area contributed by atoms with E-state index in [1.807, 2.05) is 0 Å². The lowest BCUT2D eigenvalue weighted by Crippen LogP contribution is -2.54. The molecule has 22 heavy (non-hydrogen) atoms. The van der Waals surface area contributed by atoms with Gasteiger partial charge in [0.2, 0.25) is 0 Å². The summed E-state index contributed by atoms with van der Waals surface area (Å²) in [6.45, 7) is 6.74. The molecule has 0 fully saturated rings. The van der Waals surface area contributed by atoms with Crippen molar-refractivity contribution in [3.63, 3.8) is 0 Å². The van der Waals surface area contributed by atoms with Crippen LogP contribution in [0.5, 0.6) is 0 Å². The van der Waals surface area contributed by atoms with Crippen molar-refractivity contribution < 1.29 is 0 Å². The fourth-order valence-corrected chi connectivity index (χ4v) is 6.01. The van der Waals surface area contributed by atoms with Crippen LogP contribution in [0.25, 0.3) is 0 Å². The molecule has 0 heterocycles. The first-order valence-corrected chi connectivity index (χ1v) is 9.23. The van der Waals surface area contributed by atoms with Gasteiger partial charge in [0, 0.05) is 0 Å². The van der Waals surface area contributed by atoms with E-state index in [1.165, 1.54) is 27.1 Å². The highest BCUT2D eigenvalue weighted by Crippen LogP contribution is 2.09. The Kier molecular flexibility index (Phi) is 4.26. The molecule has 0 saturated heterocycles. The van der Waals surface area contributed by atoms with E-state index in [-0.39, 0.29) is 0 Å².